The molecule has 4 N–H and O–H groups in total. The molecule has 1 unspecified atom stereocenters. The number of ether oxygens (including phenoxy) is 2. The van der Waals surface area contributed by atoms with Gasteiger partial charge in [0.2, 0.25) is 5.91 Å². The lowest BCUT2D eigenvalue weighted by Crippen LogP contribution is -2.53. The maximum absolute atomic E-state index is 13.2. The molecule has 3 atom stereocenters. The first-order chi connectivity index (χ1) is 19.5. The molecule has 0 heterocycles. The molecule has 0 aliphatic heterocycles. The molecule has 13 heteroatoms. The number of methoxy groups -OCH3 is 1. The van der Waals surface area contributed by atoms with E-state index < -0.39 is 45.7 Å². The Morgan fingerprint density at radius 3 is 2.39 bits per heavy atom. The van der Waals surface area contributed by atoms with Gasteiger partial charge in [-0.1, -0.05) is 43.5 Å². The van der Waals surface area contributed by atoms with Gasteiger partial charge in [0.05, 0.1) is 12.8 Å². The van der Waals surface area contributed by atoms with Crippen molar-refractivity contribution in [3.63, 3.8) is 0 Å². The molecule has 226 valence electrons. The molecule has 2 saturated carbocycles. The van der Waals surface area contributed by atoms with Crippen LogP contribution in [-0.2, 0) is 34.1 Å². The van der Waals surface area contributed by atoms with E-state index in [-0.39, 0.29) is 30.6 Å². The number of alkyl carbamates (subject to hydrolysis) is 1. The number of carbonyl (C=O) groups is 4. The van der Waals surface area contributed by atoms with Crippen molar-refractivity contribution in [3.8, 4) is 0 Å². The minimum atomic E-state index is -4.57. The second kappa shape index (κ2) is 14.4. The van der Waals surface area contributed by atoms with E-state index in [2.05, 4.69) is 11.9 Å². The van der Waals surface area contributed by atoms with E-state index in [1.807, 2.05) is 4.72 Å². The molecule has 0 aromatic heterocycles. The summed E-state index contributed by atoms with van der Waals surface area (Å²) in [5.41, 5.74) is 4.72. The Labute approximate surface area is 241 Å². The van der Waals surface area contributed by atoms with Crippen molar-refractivity contribution in [2.24, 2.45) is 11.7 Å². The van der Waals surface area contributed by atoms with E-state index in [4.69, 9.17) is 15.2 Å². The number of benzene rings is 1. The molecule has 2 aliphatic rings. The van der Waals surface area contributed by atoms with E-state index in [0.29, 0.717) is 36.4 Å². The fourth-order valence-electron chi connectivity index (χ4n) is 4.90. The van der Waals surface area contributed by atoms with Crippen molar-refractivity contribution >= 4 is 39.8 Å². The zero-order valence-corrected chi connectivity index (χ0v) is 24.2. The van der Waals surface area contributed by atoms with Gasteiger partial charge in [-0.2, -0.15) is 12.7 Å². The Kier molecular flexibility index (Phi) is 11.3. The van der Waals surface area contributed by atoms with Gasteiger partial charge in [0, 0.05) is 12.3 Å². The third-order valence-electron chi connectivity index (χ3n) is 7.43. The van der Waals surface area contributed by atoms with Crippen LogP contribution < -0.4 is 20.1 Å². The molecule has 1 aromatic carbocycles. The van der Waals surface area contributed by atoms with Crippen LogP contribution in [0.4, 0.5) is 10.5 Å². The number of nitrogens with two attached hydrogens (primary N) is 1. The Bertz CT molecular complexity index is 1200. The van der Waals surface area contributed by atoms with Crippen molar-refractivity contribution in [3.05, 3.63) is 43.0 Å². The number of esters is 1. The van der Waals surface area contributed by atoms with E-state index in [9.17, 15) is 27.6 Å². The SMILES string of the molecule is C=C[C@@H]1C[C@]1(N)C(=O)NS(=O)(=O)N(C(=O)CCCCCCC(NC(=O)OC1CCCC1)C(=O)OC)c1ccccc1. The first-order valence-corrected chi connectivity index (χ1v) is 15.4. The summed E-state index contributed by atoms with van der Waals surface area (Å²) < 4.78 is 39.0. The summed E-state index contributed by atoms with van der Waals surface area (Å²) in [4.78, 5) is 50.0. The van der Waals surface area contributed by atoms with E-state index >= 15 is 0 Å². The average Bonchev–Trinajstić information content (AvgIpc) is 3.36. The van der Waals surface area contributed by atoms with Gasteiger partial charge in [0.25, 0.3) is 5.91 Å². The molecule has 2 fully saturated rings. The zero-order valence-electron chi connectivity index (χ0n) is 23.4. The van der Waals surface area contributed by atoms with Crippen LogP contribution in [0.2, 0.25) is 0 Å². The van der Waals surface area contributed by atoms with Crippen LogP contribution in [0.1, 0.15) is 70.6 Å². The summed E-state index contributed by atoms with van der Waals surface area (Å²) in [5, 5.41) is 2.58. The molecular formula is C28H40N4O8S. The zero-order chi connectivity index (χ0) is 30.0. The van der Waals surface area contributed by atoms with Crippen LogP contribution in [0.25, 0.3) is 0 Å². The van der Waals surface area contributed by atoms with E-state index in [1.54, 1.807) is 18.2 Å². The highest BCUT2D eigenvalue weighted by molar-refractivity contribution is 7.92. The van der Waals surface area contributed by atoms with Crippen molar-refractivity contribution in [1.29, 1.82) is 0 Å². The standard InChI is InChI=1S/C28H40N4O8S/c1-3-20-19-28(20,29)26(35)31-41(37,38)32(21-13-7-6-8-14-21)24(33)18-10-5-4-9-17-23(25(34)39-2)30-27(36)40-22-15-11-12-16-22/h3,6-8,13-14,20,22-23H,1,4-5,9-12,15-19,29H2,2H3,(H,30,36)(H,31,35)/t20-,23?,28-/m1/s1. The quantitative estimate of drug-likeness (QED) is 0.157. The lowest BCUT2D eigenvalue weighted by atomic mass is 10.1. The van der Waals surface area contributed by atoms with Crippen molar-refractivity contribution < 1.29 is 37.1 Å². The average molecular weight is 593 g/mol. The summed E-state index contributed by atoms with van der Waals surface area (Å²) in [6, 6.07) is 6.91. The van der Waals surface area contributed by atoms with Gasteiger partial charge < -0.3 is 20.5 Å². The molecule has 1 aromatic rings. The summed E-state index contributed by atoms with van der Waals surface area (Å²) in [6.07, 6.45) is 6.96. The molecule has 0 radical (unpaired) electrons. The van der Waals surface area contributed by atoms with Crippen LogP contribution >= 0.6 is 0 Å². The van der Waals surface area contributed by atoms with Crippen molar-refractivity contribution in [1.82, 2.24) is 10.0 Å². The lowest BCUT2D eigenvalue weighted by molar-refractivity contribution is -0.143. The van der Waals surface area contributed by atoms with Crippen LogP contribution in [-0.4, -0.2) is 57.1 Å². The van der Waals surface area contributed by atoms with Gasteiger partial charge in [0.1, 0.15) is 17.7 Å². The first-order valence-electron chi connectivity index (χ1n) is 13.9. The van der Waals surface area contributed by atoms with Gasteiger partial charge >= 0.3 is 22.3 Å². The van der Waals surface area contributed by atoms with Crippen LogP contribution in [0.3, 0.4) is 0 Å². The third-order valence-corrected chi connectivity index (χ3v) is 8.77. The van der Waals surface area contributed by atoms with Gasteiger partial charge in [-0.3, -0.25) is 9.59 Å². The second-order valence-corrected chi connectivity index (χ2v) is 12.0. The molecular weight excluding hydrogens is 552 g/mol. The van der Waals surface area contributed by atoms with Crippen LogP contribution in [0, 0.1) is 5.92 Å². The van der Waals surface area contributed by atoms with Crippen molar-refractivity contribution in [2.45, 2.75) is 88.3 Å². The normalized spacial score (nSPS) is 20.9. The number of anilines is 1. The minimum absolute atomic E-state index is 0.0939. The highest BCUT2D eigenvalue weighted by atomic mass is 32.2. The number of para-hydroxylation sites is 1. The molecule has 2 aliphatic carbocycles. The van der Waals surface area contributed by atoms with Gasteiger partial charge in [-0.25, -0.2) is 14.3 Å². The highest BCUT2D eigenvalue weighted by Gasteiger charge is 2.56. The van der Waals surface area contributed by atoms with Gasteiger partial charge in [-0.05, 0) is 57.1 Å². The Balaban J connectivity index is 1.50. The van der Waals surface area contributed by atoms with E-state index in [0.717, 1.165) is 25.7 Å². The highest BCUT2D eigenvalue weighted by Crippen LogP contribution is 2.42. The number of rotatable bonds is 15. The smallest absolute Gasteiger partial charge is 0.408 e. The maximum atomic E-state index is 13.2. The van der Waals surface area contributed by atoms with E-state index in [1.165, 1.54) is 25.3 Å². The number of unbranched alkanes of at least 4 members (excludes halogenated alkanes) is 3. The summed E-state index contributed by atoms with van der Waals surface area (Å²) in [6.45, 7) is 3.60. The lowest BCUT2D eigenvalue weighted by Gasteiger charge is -2.23. The topological polar surface area (TPSA) is 174 Å². The molecule has 0 spiro atoms. The molecule has 3 rings (SSSR count). The number of nitrogens with zero attached hydrogens (tertiary/aromatic N) is 1. The van der Waals surface area contributed by atoms with Gasteiger partial charge in [-0.15, -0.1) is 6.58 Å². The van der Waals surface area contributed by atoms with Crippen molar-refractivity contribution in [2.75, 3.05) is 11.4 Å². The van der Waals surface area contributed by atoms with Gasteiger partial charge in [0.15, 0.2) is 0 Å². The number of nitrogens with one attached hydrogen (secondary N) is 2. The summed E-state index contributed by atoms with van der Waals surface area (Å²) in [7, 11) is -3.33. The number of hydrogen-bond donors (Lipinski definition) is 3. The second-order valence-electron chi connectivity index (χ2n) is 10.5. The molecule has 0 bridgehead atoms. The Morgan fingerprint density at radius 1 is 1.12 bits per heavy atom. The van der Waals surface area contributed by atoms with Crippen LogP contribution in [0.15, 0.2) is 43.0 Å². The maximum Gasteiger partial charge on any atom is 0.408 e. The first kappa shape index (κ1) is 32.1. The number of hydrogen-bond acceptors (Lipinski definition) is 9. The summed E-state index contributed by atoms with van der Waals surface area (Å²) in [5.74, 6) is -2.51. The third kappa shape index (κ3) is 8.77. The number of amides is 3. The fraction of sp³-hybridized carbons (Fsp3) is 0.571. The Morgan fingerprint density at radius 2 is 1.78 bits per heavy atom. The number of carbonyl (C=O) groups excluding carboxylic acids is 4. The largest absolute Gasteiger partial charge is 0.467 e. The van der Waals surface area contributed by atoms with Crippen LogP contribution in [0.5, 0.6) is 0 Å². The molecule has 0 saturated heterocycles. The predicted octanol–water partition coefficient (Wildman–Crippen LogP) is 2.84. The summed E-state index contributed by atoms with van der Waals surface area (Å²) >= 11 is 0. The monoisotopic (exact) mass is 592 g/mol. The minimum Gasteiger partial charge on any atom is -0.467 e. The predicted molar refractivity (Wildman–Crippen MR) is 152 cm³/mol. The fourth-order valence-corrected chi connectivity index (χ4v) is 6.18. The molecule has 41 heavy (non-hydrogen) atoms. The molecule has 3 amide bonds. The molecule has 12 nitrogen and oxygen atoms in total. The Hall–Kier alpha value is -3.45.